The third-order valence-corrected chi connectivity index (χ3v) is 5.07. The Morgan fingerprint density at radius 3 is 2.81 bits per heavy atom. The summed E-state index contributed by atoms with van der Waals surface area (Å²) in [6.45, 7) is 2.56. The summed E-state index contributed by atoms with van der Waals surface area (Å²) in [5, 5.41) is 14.5. The summed E-state index contributed by atoms with van der Waals surface area (Å²) in [6, 6.07) is 6.03. The van der Waals surface area contributed by atoms with Crippen LogP contribution in [0.15, 0.2) is 36.4 Å². The number of nitrogens with zero attached hydrogens (tertiary/aromatic N) is 2. The Kier molecular flexibility index (Phi) is 4.75. The second kappa shape index (κ2) is 7.34. The van der Waals surface area contributed by atoms with E-state index in [4.69, 9.17) is 14.9 Å². The highest BCUT2D eigenvalue weighted by Crippen LogP contribution is 2.33. The summed E-state index contributed by atoms with van der Waals surface area (Å²) < 4.78 is 13.7. The quantitative estimate of drug-likeness (QED) is 0.754. The van der Waals surface area contributed by atoms with Gasteiger partial charge in [0.1, 0.15) is 17.3 Å². The van der Waals surface area contributed by atoms with Gasteiger partial charge in [-0.25, -0.2) is 4.98 Å². The first-order chi connectivity index (χ1) is 13.2. The number of allylic oxidation sites excluding steroid dienone is 1. The van der Waals surface area contributed by atoms with Crippen LogP contribution in [0.2, 0.25) is 0 Å². The number of hydrogen-bond donors (Lipinski definition) is 3. The van der Waals surface area contributed by atoms with Crippen LogP contribution in [0.3, 0.4) is 0 Å². The number of aromatic nitrogens is 2. The van der Waals surface area contributed by atoms with E-state index in [0.717, 1.165) is 41.5 Å². The maximum Gasteiger partial charge on any atom is 0.173 e. The summed E-state index contributed by atoms with van der Waals surface area (Å²) in [4.78, 5) is 4.20. The first-order valence-electron chi connectivity index (χ1n) is 9.36. The predicted molar refractivity (Wildman–Crippen MR) is 104 cm³/mol. The first-order valence-corrected chi connectivity index (χ1v) is 9.36. The molecular formula is C20H25N5O2. The SMILES string of the molecule is CC=C1Nc2c(n(Cc3ccc(OC)c(OC4CCCC4)c3)cnc2=N)N1. The molecule has 0 spiro atoms. The molecule has 0 radical (unpaired) electrons. The Labute approximate surface area is 158 Å². The average Bonchev–Trinajstić information content (AvgIpc) is 3.34. The third kappa shape index (κ3) is 3.49. The van der Waals surface area contributed by atoms with Crippen molar-refractivity contribution >= 4 is 11.5 Å². The molecule has 7 heteroatoms. The standard InChI is InChI=1S/C20H25N5O2/c1-3-17-23-18-19(21)22-12-25(20(18)24-17)11-13-8-9-15(26-2)16(10-13)27-14-6-4-5-7-14/h3,8-10,12,14,21,23-24H,4-7,11H2,1-2H3. The van der Waals surface area contributed by atoms with Gasteiger partial charge in [-0.3, -0.25) is 5.41 Å². The molecule has 0 amide bonds. The summed E-state index contributed by atoms with van der Waals surface area (Å²) in [5.74, 6) is 3.26. The molecule has 2 aliphatic rings. The van der Waals surface area contributed by atoms with Crippen LogP contribution >= 0.6 is 0 Å². The molecule has 1 saturated carbocycles. The lowest BCUT2D eigenvalue weighted by Crippen LogP contribution is -2.15. The van der Waals surface area contributed by atoms with Crippen LogP contribution in [0, 0.1) is 5.41 Å². The van der Waals surface area contributed by atoms with Gasteiger partial charge in [-0.15, -0.1) is 0 Å². The van der Waals surface area contributed by atoms with Crippen molar-refractivity contribution in [1.82, 2.24) is 9.55 Å². The molecule has 1 aromatic carbocycles. The second-order valence-electron chi connectivity index (χ2n) is 6.91. The number of ether oxygens (including phenoxy) is 2. The third-order valence-electron chi connectivity index (χ3n) is 5.07. The monoisotopic (exact) mass is 367 g/mol. The molecule has 0 saturated heterocycles. The Hall–Kier alpha value is -2.96. The number of anilines is 2. The van der Waals surface area contributed by atoms with Gasteiger partial charge in [0, 0.05) is 0 Å². The van der Waals surface area contributed by atoms with Gasteiger partial charge in [0.2, 0.25) is 0 Å². The fraction of sp³-hybridized carbons (Fsp3) is 0.400. The molecule has 0 atom stereocenters. The maximum atomic E-state index is 8.01. The molecule has 1 aromatic heterocycles. The van der Waals surface area contributed by atoms with Crippen molar-refractivity contribution in [3.8, 4) is 11.5 Å². The zero-order valence-electron chi connectivity index (χ0n) is 15.7. The highest BCUT2D eigenvalue weighted by Gasteiger charge is 2.21. The Balaban J connectivity index is 1.62. The zero-order chi connectivity index (χ0) is 18.8. The average molecular weight is 367 g/mol. The number of benzene rings is 1. The number of hydrogen-bond acceptors (Lipinski definition) is 6. The van der Waals surface area contributed by atoms with E-state index in [-0.39, 0.29) is 11.6 Å². The number of fused-ring (bicyclic) bond motifs is 1. The van der Waals surface area contributed by atoms with E-state index in [2.05, 4.69) is 15.6 Å². The first kappa shape index (κ1) is 17.5. The van der Waals surface area contributed by atoms with Crippen molar-refractivity contribution in [2.45, 2.75) is 45.3 Å². The van der Waals surface area contributed by atoms with E-state index in [1.807, 2.05) is 35.8 Å². The van der Waals surface area contributed by atoms with Crippen LogP contribution in [0.4, 0.5) is 11.5 Å². The summed E-state index contributed by atoms with van der Waals surface area (Å²) >= 11 is 0. The number of methoxy groups -OCH3 is 1. The van der Waals surface area contributed by atoms with Crippen LogP contribution in [-0.2, 0) is 6.54 Å². The van der Waals surface area contributed by atoms with Gasteiger partial charge in [-0.2, -0.15) is 0 Å². The lowest BCUT2D eigenvalue weighted by Gasteiger charge is -2.18. The van der Waals surface area contributed by atoms with E-state index in [9.17, 15) is 0 Å². The molecule has 3 N–H and O–H groups in total. The molecule has 142 valence electrons. The Morgan fingerprint density at radius 2 is 2.07 bits per heavy atom. The van der Waals surface area contributed by atoms with Crippen molar-refractivity contribution < 1.29 is 9.47 Å². The summed E-state index contributed by atoms with van der Waals surface area (Å²) in [5.41, 5.74) is 2.01. The Bertz CT molecular complexity index is 928. The van der Waals surface area contributed by atoms with Crippen LogP contribution in [0.5, 0.6) is 11.5 Å². The molecule has 1 fully saturated rings. The van der Waals surface area contributed by atoms with Crippen LogP contribution < -0.4 is 25.6 Å². The minimum Gasteiger partial charge on any atom is -0.493 e. The molecule has 4 rings (SSSR count). The minimum atomic E-state index is 0.227. The molecule has 0 bridgehead atoms. The molecule has 27 heavy (non-hydrogen) atoms. The largest absolute Gasteiger partial charge is 0.493 e. The van der Waals surface area contributed by atoms with Crippen LogP contribution in [0.25, 0.3) is 0 Å². The lowest BCUT2D eigenvalue weighted by atomic mass is 10.2. The van der Waals surface area contributed by atoms with Crippen molar-refractivity contribution in [2.75, 3.05) is 17.7 Å². The highest BCUT2D eigenvalue weighted by molar-refractivity contribution is 5.74. The van der Waals surface area contributed by atoms with Gasteiger partial charge in [0.25, 0.3) is 0 Å². The van der Waals surface area contributed by atoms with Crippen molar-refractivity contribution in [2.24, 2.45) is 0 Å². The van der Waals surface area contributed by atoms with Gasteiger partial charge >= 0.3 is 0 Å². The lowest BCUT2D eigenvalue weighted by molar-refractivity contribution is 0.200. The minimum absolute atomic E-state index is 0.227. The fourth-order valence-corrected chi connectivity index (χ4v) is 3.61. The molecule has 0 unspecified atom stereocenters. The molecule has 2 heterocycles. The van der Waals surface area contributed by atoms with E-state index >= 15 is 0 Å². The van der Waals surface area contributed by atoms with E-state index in [1.54, 1.807) is 13.4 Å². The van der Waals surface area contributed by atoms with Gasteiger partial charge in [0.05, 0.1) is 26.1 Å². The van der Waals surface area contributed by atoms with Gasteiger partial charge in [-0.05, 0) is 56.4 Å². The van der Waals surface area contributed by atoms with Crippen molar-refractivity contribution in [3.05, 3.63) is 47.5 Å². The summed E-state index contributed by atoms with van der Waals surface area (Å²) in [6.07, 6.45) is 8.56. The van der Waals surface area contributed by atoms with Crippen LogP contribution in [0.1, 0.15) is 38.2 Å². The fourth-order valence-electron chi connectivity index (χ4n) is 3.61. The highest BCUT2D eigenvalue weighted by atomic mass is 16.5. The molecule has 2 aromatic rings. The smallest absolute Gasteiger partial charge is 0.173 e. The number of rotatable bonds is 5. The van der Waals surface area contributed by atoms with E-state index < -0.39 is 0 Å². The topological polar surface area (TPSA) is 84.2 Å². The normalized spacial score (nSPS) is 17.5. The predicted octanol–water partition coefficient (Wildman–Crippen LogP) is 3.44. The van der Waals surface area contributed by atoms with Gasteiger partial charge < -0.3 is 24.7 Å². The van der Waals surface area contributed by atoms with E-state index in [1.165, 1.54) is 12.8 Å². The van der Waals surface area contributed by atoms with Crippen LogP contribution in [-0.4, -0.2) is 22.8 Å². The summed E-state index contributed by atoms with van der Waals surface area (Å²) in [7, 11) is 1.67. The van der Waals surface area contributed by atoms with Gasteiger partial charge in [0.15, 0.2) is 17.0 Å². The van der Waals surface area contributed by atoms with Crippen molar-refractivity contribution in [1.29, 1.82) is 5.41 Å². The molecule has 1 aliphatic heterocycles. The molecule has 1 aliphatic carbocycles. The maximum absolute atomic E-state index is 8.01. The zero-order valence-corrected chi connectivity index (χ0v) is 15.7. The Morgan fingerprint density at radius 1 is 1.26 bits per heavy atom. The number of nitrogens with one attached hydrogen (secondary N) is 3. The van der Waals surface area contributed by atoms with Crippen molar-refractivity contribution in [3.63, 3.8) is 0 Å². The molecular weight excluding hydrogens is 342 g/mol. The second-order valence-corrected chi connectivity index (χ2v) is 6.91. The van der Waals surface area contributed by atoms with E-state index in [0.29, 0.717) is 12.2 Å². The van der Waals surface area contributed by atoms with Gasteiger partial charge in [-0.1, -0.05) is 6.07 Å². The molecule has 7 nitrogen and oxygen atoms in total.